The summed E-state index contributed by atoms with van der Waals surface area (Å²) in [5.74, 6) is 0.0489. The van der Waals surface area contributed by atoms with E-state index in [0.717, 1.165) is 27.1 Å². The molecule has 0 aliphatic rings. The van der Waals surface area contributed by atoms with Crippen LogP contribution in [0.3, 0.4) is 0 Å². The number of carbonyl (C=O) groups is 1. The van der Waals surface area contributed by atoms with E-state index in [1.165, 1.54) is 7.11 Å². The normalized spacial score (nSPS) is 11.2. The lowest BCUT2D eigenvalue weighted by molar-refractivity contribution is 0.0952. The van der Waals surface area contributed by atoms with Crippen molar-refractivity contribution in [2.45, 2.75) is 0 Å². The van der Waals surface area contributed by atoms with Gasteiger partial charge in [-0.25, -0.2) is 5.43 Å². The van der Waals surface area contributed by atoms with Gasteiger partial charge in [-0.05, 0) is 45.8 Å². The number of fused-ring (bicyclic) bond motifs is 2. The molecule has 138 valence electrons. The van der Waals surface area contributed by atoms with Crippen LogP contribution in [0.25, 0.3) is 21.5 Å². The van der Waals surface area contributed by atoms with Crippen LogP contribution in [0, 0.1) is 0 Å². The van der Waals surface area contributed by atoms with Crippen LogP contribution in [-0.4, -0.2) is 19.2 Å². The van der Waals surface area contributed by atoms with Crippen LogP contribution in [-0.2, 0) is 0 Å². The Balaban J connectivity index is 1.71. The molecular weight excluding hydrogens is 372 g/mol. The minimum Gasteiger partial charge on any atom is -0.496 e. The lowest BCUT2D eigenvalue weighted by Crippen LogP contribution is -2.18. The monoisotopic (exact) mass is 388 g/mol. The van der Waals surface area contributed by atoms with Crippen molar-refractivity contribution in [2.24, 2.45) is 5.10 Å². The average Bonchev–Trinajstić information content (AvgIpc) is 2.73. The van der Waals surface area contributed by atoms with Crippen LogP contribution in [0.5, 0.6) is 5.75 Å². The van der Waals surface area contributed by atoms with E-state index >= 15 is 0 Å². The SMILES string of the molecule is COc1ccc(Cl)cc1C(=O)NN=Cc1c2ccccc2cc2ccccc12. The molecular formula is C23H17ClN2O2. The van der Waals surface area contributed by atoms with E-state index in [9.17, 15) is 4.79 Å². The van der Waals surface area contributed by atoms with Crippen molar-refractivity contribution in [3.8, 4) is 5.75 Å². The van der Waals surface area contributed by atoms with Crippen LogP contribution in [0.2, 0.25) is 5.02 Å². The van der Waals surface area contributed by atoms with Crippen molar-refractivity contribution in [3.63, 3.8) is 0 Å². The van der Waals surface area contributed by atoms with Crippen molar-refractivity contribution in [1.82, 2.24) is 5.43 Å². The molecule has 0 radical (unpaired) electrons. The van der Waals surface area contributed by atoms with Gasteiger partial charge in [0.1, 0.15) is 5.75 Å². The molecule has 0 saturated carbocycles. The van der Waals surface area contributed by atoms with E-state index in [-0.39, 0.29) is 5.91 Å². The first-order valence-corrected chi connectivity index (χ1v) is 9.12. The van der Waals surface area contributed by atoms with Crippen LogP contribution < -0.4 is 10.2 Å². The molecule has 0 fully saturated rings. The predicted octanol–water partition coefficient (Wildman–Crippen LogP) is 5.42. The number of benzene rings is 4. The molecule has 1 amide bonds. The van der Waals surface area contributed by atoms with Gasteiger partial charge in [0.15, 0.2) is 0 Å². The first kappa shape index (κ1) is 18.0. The van der Waals surface area contributed by atoms with Crippen molar-refractivity contribution in [1.29, 1.82) is 0 Å². The van der Waals surface area contributed by atoms with E-state index in [1.807, 2.05) is 36.4 Å². The van der Waals surface area contributed by atoms with Crippen molar-refractivity contribution in [2.75, 3.05) is 7.11 Å². The van der Waals surface area contributed by atoms with E-state index in [2.05, 4.69) is 28.7 Å². The molecule has 1 N–H and O–H groups in total. The summed E-state index contributed by atoms with van der Waals surface area (Å²) in [4.78, 5) is 12.5. The fourth-order valence-electron chi connectivity index (χ4n) is 3.26. The molecule has 0 saturated heterocycles. The van der Waals surface area contributed by atoms with Crippen molar-refractivity contribution >= 4 is 45.3 Å². The number of rotatable bonds is 4. The lowest BCUT2D eigenvalue weighted by atomic mass is 9.97. The zero-order valence-corrected chi connectivity index (χ0v) is 15.9. The summed E-state index contributed by atoms with van der Waals surface area (Å²) in [6.45, 7) is 0. The first-order valence-electron chi connectivity index (χ1n) is 8.75. The Hall–Kier alpha value is -3.37. The van der Waals surface area contributed by atoms with E-state index in [1.54, 1.807) is 24.4 Å². The molecule has 0 unspecified atom stereocenters. The molecule has 0 heterocycles. The highest BCUT2D eigenvalue weighted by Crippen LogP contribution is 2.27. The van der Waals surface area contributed by atoms with Gasteiger partial charge < -0.3 is 4.74 Å². The third kappa shape index (κ3) is 3.42. The lowest BCUT2D eigenvalue weighted by Gasteiger charge is -2.09. The molecule has 4 aromatic carbocycles. The maximum absolute atomic E-state index is 12.5. The standard InChI is InChI=1S/C23H17ClN2O2/c1-28-22-11-10-17(24)13-20(22)23(27)26-25-14-21-18-8-4-2-6-15(18)12-16-7-3-5-9-19(16)21/h2-14H,1H3,(H,26,27). The third-order valence-corrected chi connectivity index (χ3v) is 4.81. The minimum atomic E-state index is -0.389. The summed E-state index contributed by atoms with van der Waals surface area (Å²) in [7, 11) is 1.51. The van der Waals surface area contributed by atoms with Gasteiger partial charge in [0, 0.05) is 10.6 Å². The smallest absolute Gasteiger partial charge is 0.275 e. The average molecular weight is 389 g/mol. The zero-order valence-electron chi connectivity index (χ0n) is 15.1. The number of halogens is 1. The molecule has 0 aliphatic carbocycles. The van der Waals surface area contributed by atoms with Crippen LogP contribution >= 0.6 is 11.6 Å². The fourth-order valence-corrected chi connectivity index (χ4v) is 3.43. The van der Waals surface area contributed by atoms with Gasteiger partial charge in [-0.3, -0.25) is 4.79 Å². The summed E-state index contributed by atoms with van der Waals surface area (Å²) in [5, 5.41) is 9.02. The second kappa shape index (κ2) is 7.71. The number of hydrogen-bond donors (Lipinski definition) is 1. The van der Waals surface area contributed by atoms with Crippen molar-refractivity contribution < 1.29 is 9.53 Å². The molecule has 5 heteroatoms. The van der Waals surface area contributed by atoms with Gasteiger partial charge in [-0.1, -0.05) is 60.1 Å². The maximum atomic E-state index is 12.5. The van der Waals surface area contributed by atoms with Gasteiger partial charge in [0.25, 0.3) is 5.91 Å². The molecule has 0 aliphatic heterocycles. The molecule has 0 atom stereocenters. The van der Waals surface area contributed by atoms with E-state index < -0.39 is 0 Å². The summed E-state index contributed by atoms with van der Waals surface area (Å²) < 4.78 is 5.23. The van der Waals surface area contributed by atoms with Gasteiger partial charge in [0.05, 0.1) is 18.9 Å². The summed E-state index contributed by atoms with van der Waals surface area (Å²) in [6.07, 6.45) is 1.68. The minimum absolute atomic E-state index is 0.329. The molecule has 4 rings (SSSR count). The molecule has 0 spiro atoms. The maximum Gasteiger partial charge on any atom is 0.275 e. The topological polar surface area (TPSA) is 50.7 Å². The highest BCUT2D eigenvalue weighted by Gasteiger charge is 2.12. The number of carbonyl (C=O) groups excluding carboxylic acids is 1. The number of hydrogen-bond acceptors (Lipinski definition) is 3. The highest BCUT2D eigenvalue weighted by atomic mass is 35.5. The first-order chi connectivity index (χ1) is 13.7. The quantitative estimate of drug-likeness (QED) is 0.288. The Labute approximate surface area is 167 Å². The molecule has 0 aromatic heterocycles. The number of nitrogens with one attached hydrogen (secondary N) is 1. The third-order valence-electron chi connectivity index (χ3n) is 4.58. The molecule has 0 bridgehead atoms. The molecule has 4 nitrogen and oxygen atoms in total. The van der Waals surface area contributed by atoms with E-state index in [4.69, 9.17) is 16.3 Å². The fraction of sp³-hybridized carbons (Fsp3) is 0.0435. The number of hydrazone groups is 1. The Morgan fingerprint density at radius 3 is 2.25 bits per heavy atom. The number of methoxy groups -OCH3 is 1. The largest absolute Gasteiger partial charge is 0.496 e. The summed E-state index contributed by atoms with van der Waals surface area (Å²) in [6, 6.07) is 23.2. The summed E-state index contributed by atoms with van der Waals surface area (Å²) in [5.41, 5.74) is 3.85. The van der Waals surface area contributed by atoms with Crippen LogP contribution in [0.15, 0.2) is 77.9 Å². The highest BCUT2D eigenvalue weighted by molar-refractivity contribution is 6.31. The van der Waals surface area contributed by atoms with Crippen LogP contribution in [0.1, 0.15) is 15.9 Å². The Kier molecular flexibility index (Phi) is 4.96. The molecule has 4 aromatic rings. The second-order valence-corrected chi connectivity index (χ2v) is 6.71. The Bertz CT molecular complexity index is 1160. The van der Waals surface area contributed by atoms with Gasteiger partial charge in [-0.2, -0.15) is 5.10 Å². The second-order valence-electron chi connectivity index (χ2n) is 6.28. The van der Waals surface area contributed by atoms with Gasteiger partial charge in [0.2, 0.25) is 0 Å². The molecule has 28 heavy (non-hydrogen) atoms. The number of ether oxygens (including phenoxy) is 1. The van der Waals surface area contributed by atoms with Gasteiger partial charge in [-0.15, -0.1) is 0 Å². The summed E-state index contributed by atoms with van der Waals surface area (Å²) >= 11 is 6.00. The Morgan fingerprint density at radius 1 is 0.964 bits per heavy atom. The van der Waals surface area contributed by atoms with E-state index in [0.29, 0.717) is 16.3 Å². The number of amides is 1. The zero-order chi connectivity index (χ0) is 19.5. The van der Waals surface area contributed by atoms with Gasteiger partial charge >= 0.3 is 0 Å². The van der Waals surface area contributed by atoms with Crippen molar-refractivity contribution in [3.05, 3.63) is 88.9 Å². The number of nitrogens with zero attached hydrogens (tertiary/aromatic N) is 1. The van der Waals surface area contributed by atoms with Crippen LogP contribution in [0.4, 0.5) is 0 Å². The predicted molar refractivity (Wildman–Crippen MR) is 115 cm³/mol. The Morgan fingerprint density at radius 2 is 1.61 bits per heavy atom.